The van der Waals surface area contributed by atoms with E-state index in [1.54, 1.807) is 12.1 Å². The van der Waals surface area contributed by atoms with Gasteiger partial charge >= 0.3 is 0 Å². The number of thioether (sulfide) groups is 1. The molecule has 3 N–H and O–H groups in total. The quantitative estimate of drug-likeness (QED) is 0.403. The second-order valence-electron chi connectivity index (χ2n) is 3.10. The number of amides is 1. The van der Waals surface area contributed by atoms with Gasteiger partial charge in [0.1, 0.15) is 4.32 Å². The van der Waals surface area contributed by atoms with Crippen LogP contribution in [-0.2, 0) is 4.79 Å². The number of phenols is 2. The molecule has 1 saturated heterocycles. The second kappa shape index (κ2) is 4.15. The molecular weight excluding hydrogens is 246 g/mol. The van der Waals surface area contributed by atoms with Crippen molar-refractivity contribution >= 4 is 40.3 Å². The molecule has 16 heavy (non-hydrogen) atoms. The van der Waals surface area contributed by atoms with Gasteiger partial charge < -0.3 is 15.5 Å². The SMILES string of the molecule is O=C1NC(=S)S/C1=C/c1ccc(O)c(O)c1. The highest BCUT2D eigenvalue weighted by Gasteiger charge is 2.21. The first-order valence-corrected chi connectivity index (χ1v) is 5.55. The van der Waals surface area contributed by atoms with Gasteiger partial charge in [-0.15, -0.1) is 0 Å². The number of aromatic hydroxyl groups is 2. The summed E-state index contributed by atoms with van der Waals surface area (Å²) >= 11 is 6.00. The zero-order chi connectivity index (χ0) is 11.7. The van der Waals surface area contributed by atoms with Crippen molar-refractivity contribution in [2.75, 3.05) is 0 Å². The zero-order valence-electron chi connectivity index (χ0n) is 7.93. The molecule has 1 aliphatic heterocycles. The molecule has 0 aliphatic carbocycles. The third-order valence-electron chi connectivity index (χ3n) is 1.94. The fourth-order valence-corrected chi connectivity index (χ4v) is 2.25. The van der Waals surface area contributed by atoms with Gasteiger partial charge in [-0.2, -0.15) is 0 Å². The van der Waals surface area contributed by atoms with Gasteiger partial charge in [0, 0.05) is 0 Å². The Hall–Kier alpha value is -1.53. The summed E-state index contributed by atoms with van der Waals surface area (Å²) in [7, 11) is 0. The maximum atomic E-state index is 11.3. The van der Waals surface area contributed by atoms with E-state index in [9.17, 15) is 9.90 Å². The maximum absolute atomic E-state index is 11.3. The first-order chi connectivity index (χ1) is 7.56. The molecule has 1 aromatic carbocycles. The van der Waals surface area contributed by atoms with Crippen LogP contribution in [0.2, 0.25) is 0 Å². The number of benzene rings is 1. The minimum Gasteiger partial charge on any atom is -0.504 e. The molecular formula is C10H7NO3S2. The molecule has 1 aromatic rings. The Morgan fingerprint density at radius 3 is 2.62 bits per heavy atom. The summed E-state index contributed by atoms with van der Waals surface area (Å²) in [6, 6.07) is 4.33. The van der Waals surface area contributed by atoms with E-state index in [2.05, 4.69) is 5.32 Å². The topological polar surface area (TPSA) is 69.6 Å². The third-order valence-corrected chi connectivity index (χ3v) is 3.10. The van der Waals surface area contributed by atoms with E-state index in [4.69, 9.17) is 17.3 Å². The van der Waals surface area contributed by atoms with E-state index in [1.807, 2.05) is 0 Å². The Morgan fingerprint density at radius 2 is 2.06 bits per heavy atom. The van der Waals surface area contributed by atoms with Gasteiger partial charge in [-0.3, -0.25) is 4.79 Å². The standard InChI is InChI=1S/C10H7NO3S2/c12-6-2-1-5(3-7(6)13)4-8-9(14)11-10(15)16-8/h1-4,12-13H,(H,11,14,15)/b8-4+. The Labute approximate surface area is 101 Å². The molecule has 0 atom stereocenters. The van der Waals surface area contributed by atoms with Crippen molar-refractivity contribution < 1.29 is 15.0 Å². The Bertz CT molecular complexity index is 511. The average molecular weight is 253 g/mol. The van der Waals surface area contributed by atoms with Gasteiger partial charge in [-0.05, 0) is 23.8 Å². The molecule has 4 nitrogen and oxygen atoms in total. The van der Waals surface area contributed by atoms with E-state index in [1.165, 1.54) is 23.9 Å². The normalized spacial score (nSPS) is 17.9. The number of nitrogens with one attached hydrogen (secondary N) is 1. The minimum atomic E-state index is -0.248. The largest absolute Gasteiger partial charge is 0.504 e. The van der Waals surface area contributed by atoms with Gasteiger partial charge in [0.2, 0.25) is 0 Å². The molecule has 0 radical (unpaired) electrons. The Balaban J connectivity index is 2.32. The predicted octanol–water partition coefficient (Wildman–Crippen LogP) is 1.59. The number of carbonyl (C=O) groups excluding carboxylic acids is 1. The third kappa shape index (κ3) is 2.17. The summed E-state index contributed by atoms with van der Waals surface area (Å²) in [5.41, 5.74) is 0.623. The van der Waals surface area contributed by atoms with E-state index in [-0.39, 0.29) is 17.4 Å². The van der Waals surface area contributed by atoms with Crippen molar-refractivity contribution in [3.63, 3.8) is 0 Å². The van der Waals surface area contributed by atoms with E-state index >= 15 is 0 Å². The highest BCUT2D eigenvalue weighted by molar-refractivity contribution is 8.26. The summed E-state index contributed by atoms with van der Waals surface area (Å²) < 4.78 is 0.416. The zero-order valence-corrected chi connectivity index (χ0v) is 9.56. The van der Waals surface area contributed by atoms with Crippen LogP contribution in [0, 0.1) is 0 Å². The van der Waals surface area contributed by atoms with Crippen molar-refractivity contribution in [3.8, 4) is 11.5 Å². The van der Waals surface area contributed by atoms with Crippen LogP contribution in [0.25, 0.3) is 6.08 Å². The number of hydrogen-bond acceptors (Lipinski definition) is 5. The summed E-state index contributed by atoms with van der Waals surface area (Å²) in [4.78, 5) is 11.8. The number of carbonyl (C=O) groups is 1. The van der Waals surface area contributed by atoms with Gasteiger partial charge in [0.25, 0.3) is 5.91 Å². The predicted molar refractivity (Wildman–Crippen MR) is 66.1 cm³/mol. The molecule has 82 valence electrons. The Morgan fingerprint density at radius 1 is 1.31 bits per heavy atom. The molecule has 6 heteroatoms. The number of rotatable bonds is 1. The lowest BCUT2D eigenvalue weighted by atomic mass is 10.2. The van der Waals surface area contributed by atoms with Crippen LogP contribution in [0.3, 0.4) is 0 Å². The monoisotopic (exact) mass is 253 g/mol. The molecule has 1 fully saturated rings. The first kappa shape index (κ1) is 11.0. The summed E-state index contributed by atoms with van der Waals surface area (Å²) in [5, 5.41) is 20.9. The van der Waals surface area contributed by atoms with Crippen LogP contribution < -0.4 is 5.32 Å². The lowest BCUT2D eigenvalue weighted by molar-refractivity contribution is -0.115. The van der Waals surface area contributed by atoms with Gasteiger partial charge in [0.15, 0.2) is 11.5 Å². The lowest BCUT2D eigenvalue weighted by Gasteiger charge is -1.99. The molecule has 0 unspecified atom stereocenters. The van der Waals surface area contributed by atoms with Crippen molar-refractivity contribution in [2.24, 2.45) is 0 Å². The van der Waals surface area contributed by atoms with E-state index in [0.29, 0.717) is 14.8 Å². The minimum absolute atomic E-state index is 0.193. The summed E-state index contributed by atoms with van der Waals surface area (Å²) in [6.07, 6.45) is 1.60. The summed E-state index contributed by atoms with van der Waals surface area (Å²) in [6.45, 7) is 0. The fraction of sp³-hybridized carbons (Fsp3) is 0. The molecule has 1 heterocycles. The summed E-state index contributed by atoms with van der Waals surface area (Å²) in [5.74, 6) is -0.663. The van der Waals surface area contributed by atoms with Crippen LogP contribution >= 0.6 is 24.0 Å². The highest BCUT2D eigenvalue weighted by Crippen LogP contribution is 2.29. The average Bonchev–Trinajstić information content (AvgIpc) is 2.51. The maximum Gasteiger partial charge on any atom is 0.263 e. The van der Waals surface area contributed by atoms with Crippen LogP contribution in [0.4, 0.5) is 0 Å². The smallest absolute Gasteiger partial charge is 0.263 e. The van der Waals surface area contributed by atoms with Crippen LogP contribution in [0.5, 0.6) is 11.5 Å². The van der Waals surface area contributed by atoms with E-state index < -0.39 is 0 Å². The van der Waals surface area contributed by atoms with Crippen LogP contribution in [0.1, 0.15) is 5.56 Å². The molecule has 1 amide bonds. The van der Waals surface area contributed by atoms with Crippen molar-refractivity contribution in [1.29, 1.82) is 0 Å². The number of hydrogen-bond donors (Lipinski definition) is 3. The first-order valence-electron chi connectivity index (χ1n) is 4.33. The van der Waals surface area contributed by atoms with Gasteiger partial charge in [-0.25, -0.2) is 0 Å². The van der Waals surface area contributed by atoms with Crippen molar-refractivity contribution in [2.45, 2.75) is 0 Å². The van der Waals surface area contributed by atoms with Gasteiger partial charge in [-0.1, -0.05) is 30.0 Å². The highest BCUT2D eigenvalue weighted by atomic mass is 32.2. The molecule has 0 saturated carbocycles. The van der Waals surface area contributed by atoms with E-state index in [0.717, 1.165) is 0 Å². The van der Waals surface area contributed by atoms with Crippen molar-refractivity contribution in [1.82, 2.24) is 5.32 Å². The lowest BCUT2D eigenvalue weighted by Crippen LogP contribution is -2.17. The number of thiocarbonyl (C=S) groups is 1. The molecule has 0 bridgehead atoms. The molecule has 0 aromatic heterocycles. The van der Waals surface area contributed by atoms with Crippen LogP contribution in [0.15, 0.2) is 23.1 Å². The Kier molecular flexibility index (Phi) is 2.84. The molecule has 0 spiro atoms. The van der Waals surface area contributed by atoms with Crippen molar-refractivity contribution in [3.05, 3.63) is 28.7 Å². The number of phenolic OH excluding ortho intramolecular Hbond substituents is 2. The second-order valence-corrected chi connectivity index (χ2v) is 4.82. The van der Waals surface area contributed by atoms with Crippen LogP contribution in [-0.4, -0.2) is 20.4 Å². The molecule has 1 aliphatic rings. The van der Waals surface area contributed by atoms with Gasteiger partial charge in [0.05, 0.1) is 4.91 Å². The molecule has 2 rings (SSSR count). The fourth-order valence-electron chi connectivity index (χ4n) is 1.20.